The largest absolute Gasteiger partial charge is 0.416 e. The molecule has 4 aromatic rings. The first-order chi connectivity index (χ1) is 14.5. The number of aryl methyl sites for hydroxylation is 1. The van der Waals surface area contributed by atoms with Gasteiger partial charge in [-0.05, 0) is 48.9 Å². The van der Waals surface area contributed by atoms with E-state index in [2.05, 4.69) is 30.8 Å². The predicted octanol–water partition coefficient (Wildman–Crippen LogP) is 5.41. The average molecular weight is 484 g/mol. The summed E-state index contributed by atoms with van der Waals surface area (Å²) in [7, 11) is -3.76. The Balaban J connectivity index is 1.65. The number of nitrogens with one attached hydrogen (secondary N) is 1. The fraction of sp³-hybridized carbons (Fsp3) is 0.0909. The zero-order valence-electron chi connectivity index (χ0n) is 16.0. The number of anilines is 1. The number of para-hydroxylation sites is 1. The Labute approximate surface area is 183 Å². The number of hydrogen-bond acceptors (Lipinski definition) is 5. The van der Waals surface area contributed by atoms with E-state index < -0.39 is 10.0 Å². The Hall–Kier alpha value is -2.97. The smallest absolute Gasteiger partial charge is 0.261 e. The van der Waals surface area contributed by atoms with Gasteiger partial charge < -0.3 is 4.42 Å². The number of nitrogens with zero attached hydrogens (tertiary/aromatic N) is 2. The molecule has 0 saturated heterocycles. The summed E-state index contributed by atoms with van der Waals surface area (Å²) in [5.74, 6) is 0.596. The van der Waals surface area contributed by atoms with Crippen LogP contribution in [0.15, 0.2) is 82.1 Å². The van der Waals surface area contributed by atoms with Gasteiger partial charge in [0.1, 0.15) is 0 Å². The Morgan fingerprint density at radius 2 is 1.57 bits per heavy atom. The first-order valence-corrected chi connectivity index (χ1v) is 11.7. The molecule has 4 rings (SSSR count). The second-order valence-corrected chi connectivity index (χ2v) is 8.95. The molecule has 0 spiro atoms. The summed E-state index contributed by atoms with van der Waals surface area (Å²) in [5, 5.41) is 9.00. The molecule has 6 nitrogen and oxygen atoms in total. The zero-order valence-corrected chi connectivity index (χ0v) is 18.4. The Morgan fingerprint density at radius 1 is 0.900 bits per heavy atom. The molecule has 152 valence electrons. The molecule has 3 aromatic carbocycles. The van der Waals surface area contributed by atoms with Crippen molar-refractivity contribution < 1.29 is 12.8 Å². The molecule has 1 aromatic heterocycles. The normalized spacial score (nSPS) is 11.4. The van der Waals surface area contributed by atoms with Gasteiger partial charge in [0.05, 0.1) is 16.1 Å². The van der Waals surface area contributed by atoms with Crippen molar-refractivity contribution in [3.05, 3.63) is 83.9 Å². The summed E-state index contributed by atoms with van der Waals surface area (Å²) < 4.78 is 34.1. The first-order valence-electron chi connectivity index (χ1n) is 9.14. The summed E-state index contributed by atoms with van der Waals surface area (Å²) in [5.41, 5.74) is 3.77. The molecule has 0 aliphatic heterocycles. The molecule has 0 amide bonds. The zero-order chi connectivity index (χ0) is 21.1. The summed E-state index contributed by atoms with van der Waals surface area (Å²) in [6.07, 6.45) is 0. The molecule has 0 aliphatic rings. The molecule has 1 heterocycles. The standard InChI is InChI=1S/C22H18BrN3O3S/c1-15-6-12-18(13-7-15)30(27,28)26-20-5-3-2-4-19(20)22-25-24-21(29-22)17-10-8-16(14-23)9-11-17/h2-13,26H,14H2,1H3. The van der Waals surface area contributed by atoms with Gasteiger partial charge >= 0.3 is 0 Å². The SMILES string of the molecule is Cc1ccc(S(=O)(=O)Nc2ccccc2-c2nnc(-c3ccc(CBr)cc3)o2)cc1. The lowest BCUT2D eigenvalue weighted by Crippen LogP contribution is -2.13. The molecular weight excluding hydrogens is 466 g/mol. The fourth-order valence-electron chi connectivity index (χ4n) is 2.86. The minimum absolute atomic E-state index is 0.181. The number of hydrogen-bond donors (Lipinski definition) is 1. The van der Waals surface area contributed by atoms with Crippen LogP contribution in [0.25, 0.3) is 22.9 Å². The summed E-state index contributed by atoms with van der Waals surface area (Å²) in [4.78, 5) is 0.181. The quantitative estimate of drug-likeness (QED) is 0.370. The van der Waals surface area contributed by atoms with Crippen LogP contribution >= 0.6 is 15.9 Å². The first kappa shape index (κ1) is 20.3. The fourth-order valence-corrected chi connectivity index (χ4v) is 4.32. The van der Waals surface area contributed by atoms with Crippen molar-refractivity contribution in [2.24, 2.45) is 0 Å². The van der Waals surface area contributed by atoms with Crippen LogP contribution in [-0.4, -0.2) is 18.6 Å². The van der Waals surface area contributed by atoms with Gasteiger partial charge in [0.15, 0.2) is 0 Å². The third kappa shape index (κ3) is 4.29. The summed E-state index contributed by atoms with van der Waals surface area (Å²) >= 11 is 3.42. The van der Waals surface area contributed by atoms with Gasteiger partial charge in [-0.1, -0.05) is 57.9 Å². The van der Waals surface area contributed by atoms with Crippen molar-refractivity contribution in [1.82, 2.24) is 10.2 Å². The number of benzene rings is 3. The van der Waals surface area contributed by atoms with E-state index in [4.69, 9.17) is 4.42 Å². The minimum Gasteiger partial charge on any atom is -0.416 e. The van der Waals surface area contributed by atoms with Gasteiger partial charge in [0.25, 0.3) is 10.0 Å². The number of sulfonamides is 1. The van der Waals surface area contributed by atoms with Crippen LogP contribution in [0.5, 0.6) is 0 Å². The third-order valence-electron chi connectivity index (χ3n) is 4.51. The highest BCUT2D eigenvalue weighted by atomic mass is 79.9. The Morgan fingerprint density at radius 3 is 2.27 bits per heavy atom. The maximum absolute atomic E-state index is 12.8. The van der Waals surface area contributed by atoms with E-state index in [0.717, 1.165) is 22.0 Å². The molecule has 1 N–H and O–H groups in total. The molecule has 0 fully saturated rings. The van der Waals surface area contributed by atoms with E-state index in [0.29, 0.717) is 17.1 Å². The molecule has 0 bridgehead atoms. The number of aromatic nitrogens is 2. The molecule has 30 heavy (non-hydrogen) atoms. The maximum Gasteiger partial charge on any atom is 0.261 e. The predicted molar refractivity (Wildman–Crippen MR) is 120 cm³/mol. The van der Waals surface area contributed by atoms with E-state index in [-0.39, 0.29) is 10.8 Å². The highest BCUT2D eigenvalue weighted by Gasteiger charge is 2.19. The van der Waals surface area contributed by atoms with Crippen LogP contribution in [0.4, 0.5) is 5.69 Å². The molecule has 8 heteroatoms. The second kappa shape index (κ2) is 8.41. The van der Waals surface area contributed by atoms with Crippen LogP contribution in [0, 0.1) is 6.92 Å². The van der Waals surface area contributed by atoms with Crippen molar-refractivity contribution in [2.75, 3.05) is 4.72 Å². The topological polar surface area (TPSA) is 85.1 Å². The van der Waals surface area contributed by atoms with E-state index in [9.17, 15) is 8.42 Å². The summed E-state index contributed by atoms with van der Waals surface area (Å²) in [6.45, 7) is 1.90. The van der Waals surface area contributed by atoms with E-state index >= 15 is 0 Å². The van der Waals surface area contributed by atoms with Gasteiger partial charge in [0.2, 0.25) is 11.8 Å². The van der Waals surface area contributed by atoms with Gasteiger partial charge in [-0.2, -0.15) is 0 Å². The number of halogens is 1. The lowest BCUT2D eigenvalue weighted by Gasteiger charge is -2.11. The summed E-state index contributed by atoms with van der Waals surface area (Å²) in [6, 6.07) is 21.3. The highest BCUT2D eigenvalue weighted by Crippen LogP contribution is 2.31. The monoisotopic (exact) mass is 483 g/mol. The van der Waals surface area contributed by atoms with Crippen LogP contribution in [0.3, 0.4) is 0 Å². The van der Waals surface area contributed by atoms with E-state index in [1.165, 1.54) is 0 Å². The second-order valence-electron chi connectivity index (χ2n) is 6.71. The van der Waals surface area contributed by atoms with Crippen molar-refractivity contribution in [1.29, 1.82) is 0 Å². The molecule has 0 aliphatic carbocycles. The van der Waals surface area contributed by atoms with Gasteiger partial charge in [-0.25, -0.2) is 8.42 Å². The van der Waals surface area contributed by atoms with Crippen molar-refractivity contribution in [3.8, 4) is 22.9 Å². The van der Waals surface area contributed by atoms with Gasteiger partial charge in [0, 0.05) is 10.9 Å². The van der Waals surface area contributed by atoms with Crippen LogP contribution in [0.1, 0.15) is 11.1 Å². The van der Waals surface area contributed by atoms with Crippen molar-refractivity contribution in [2.45, 2.75) is 17.1 Å². The van der Waals surface area contributed by atoms with Crippen molar-refractivity contribution in [3.63, 3.8) is 0 Å². The molecular formula is C22H18BrN3O3S. The Kier molecular flexibility index (Phi) is 5.69. The van der Waals surface area contributed by atoms with Crippen molar-refractivity contribution >= 4 is 31.6 Å². The number of alkyl halides is 1. The van der Waals surface area contributed by atoms with Crippen LogP contribution in [-0.2, 0) is 15.4 Å². The number of rotatable bonds is 6. The third-order valence-corrected chi connectivity index (χ3v) is 6.54. The average Bonchev–Trinajstić information content (AvgIpc) is 3.24. The van der Waals surface area contributed by atoms with E-state index in [1.807, 2.05) is 31.2 Å². The Bertz CT molecular complexity index is 1270. The van der Waals surface area contributed by atoms with Crippen LogP contribution < -0.4 is 4.72 Å². The molecule has 0 atom stereocenters. The minimum atomic E-state index is -3.76. The van der Waals surface area contributed by atoms with Gasteiger partial charge in [-0.3, -0.25) is 4.72 Å². The molecule has 0 saturated carbocycles. The lowest BCUT2D eigenvalue weighted by molar-refractivity contribution is 0.585. The molecule has 0 radical (unpaired) electrons. The maximum atomic E-state index is 12.8. The van der Waals surface area contributed by atoms with E-state index in [1.54, 1.807) is 48.5 Å². The van der Waals surface area contributed by atoms with Crippen LogP contribution in [0.2, 0.25) is 0 Å². The van der Waals surface area contributed by atoms with Gasteiger partial charge in [-0.15, -0.1) is 10.2 Å². The highest BCUT2D eigenvalue weighted by molar-refractivity contribution is 9.08. The lowest BCUT2D eigenvalue weighted by atomic mass is 10.1. The molecule has 0 unspecified atom stereocenters.